The molecule has 0 spiro atoms. The first-order chi connectivity index (χ1) is 9.49. The number of imidazole rings is 1. The van der Waals surface area contributed by atoms with E-state index < -0.39 is 10.0 Å². The minimum atomic E-state index is -3.70. The monoisotopic (exact) mass is 331 g/mol. The van der Waals surface area contributed by atoms with E-state index in [1.165, 1.54) is 15.8 Å². The highest BCUT2D eigenvalue weighted by Gasteiger charge is 2.29. The molecule has 0 saturated carbocycles. The Labute approximate surface area is 126 Å². The van der Waals surface area contributed by atoms with E-state index in [0.29, 0.717) is 0 Å². The van der Waals surface area contributed by atoms with E-state index in [2.05, 4.69) is 9.71 Å². The third-order valence-corrected chi connectivity index (χ3v) is 6.40. The van der Waals surface area contributed by atoms with Gasteiger partial charge in [-0.25, -0.2) is 18.1 Å². The van der Waals surface area contributed by atoms with Crippen LogP contribution in [0.1, 0.15) is 29.3 Å². The molecule has 0 aromatic carbocycles. The zero-order valence-corrected chi connectivity index (χ0v) is 13.2. The summed E-state index contributed by atoms with van der Waals surface area (Å²) < 4.78 is 29.0. The van der Waals surface area contributed by atoms with Crippen LogP contribution in [0.3, 0.4) is 0 Å². The van der Waals surface area contributed by atoms with Crippen molar-refractivity contribution in [1.29, 1.82) is 0 Å². The lowest BCUT2D eigenvalue weighted by Gasteiger charge is -2.23. The number of rotatable bonds is 3. The Kier molecular flexibility index (Phi) is 3.62. The quantitative estimate of drug-likeness (QED) is 0.939. The molecule has 0 radical (unpaired) electrons. The molecule has 0 bridgehead atoms. The van der Waals surface area contributed by atoms with Crippen molar-refractivity contribution in [3.8, 4) is 0 Å². The Morgan fingerprint density at radius 3 is 3.05 bits per heavy atom. The van der Waals surface area contributed by atoms with Gasteiger partial charge in [0.15, 0.2) is 0 Å². The minimum absolute atomic E-state index is 0.107. The summed E-state index contributed by atoms with van der Waals surface area (Å²) in [6.45, 7) is 0. The number of fused-ring (bicyclic) bond motifs is 1. The van der Waals surface area contributed by atoms with Gasteiger partial charge in [-0.05, 0) is 36.3 Å². The normalized spacial score (nSPS) is 19.0. The van der Waals surface area contributed by atoms with Crippen molar-refractivity contribution < 1.29 is 8.42 Å². The predicted molar refractivity (Wildman–Crippen MR) is 78.5 cm³/mol. The van der Waals surface area contributed by atoms with Crippen molar-refractivity contribution in [3.63, 3.8) is 0 Å². The van der Waals surface area contributed by atoms with Gasteiger partial charge >= 0.3 is 0 Å². The summed E-state index contributed by atoms with van der Waals surface area (Å²) in [6.07, 6.45) is 4.20. The van der Waals surface area contributed by atoms with Crippen LogP contribution < -0.4 is 4.72 Å². The Bertz CT molecular complexity index is 736. The van der Waals surface area contributed by atoms with Gasteiger partial charge in [0.05, 0.1) is 6.33 Å². The molecule has 108 valence electrons. The summed E-state index contributed by atoms with van der Waals surface area (Å²) in [4.78, 5) is 5.14. The van der Waals surface area contributed by atoms with Crippen molar-refractivity contribution >= 4 is 33.0 Å². The van der Waals surface area contributed by atoms with Crippen LogP contribution in [0.15, 0.2) is 22.8 Å². The van der Waals surface area contributed by atoms with E-state index >= 15 is 0 Å². The molecule has 20 heavy (non-hydrogen) atoms. The van der Waals surface area contributed by atoms with Gasteiger partial charge in [-0.15, -0.1) is 11.3 Å². The van der Waals surface area contributed by atoms with E-state index in [4.69, 9.17) is 11.6 Å². The number of aromatic nitrogens is 2. The number of nitrogens with zero attached hydrogens (tertiary/aromatic N) is 2. The molecule has 1 unspecified atom stereocenters. The van der Waals surface area contributed by atoms with E-state index in [0.717, 1.165) is 24.8 Å². The minimum Gasteiger partial charge on any atom is -0.324 e. The van der Waals surface area contributed by atoms with Crippen molar-refractivity contribution in [1.82, 2.24) is 14.3 Å². The molecule has 2 heterocycles. The molecule has 5 nitrogen and oxygen atoms in total. The lowest BCUT2D eigenvalue weighted by atomic mass is 9.95. The maximum atomic E-state index is 12.4. The summed E-state index contributed by atoms with van der Waals surface area (Å²) in [7, 11) is -2.04. The van der Waals surface area contributed by atoms with E-state index in [-0.39, 0.29) is 16.2 Å². The summed E-state index contributed by atoms with van der Waals surface area (Å²) >= 11 is 7.65. The number of thiophene rings is 1. The fraction of sp³-hybridized carbons (Fsp3) is 0.417. The summed E-state index contributed by atoms with van der Waals surface area (Å²) in [5.74, 6) is 0. The average Bonchev–Trinajstić information content (AvgIpc) is 2.98. The highest BCUT2D eigenvalue weighted by molar-refractivity contribution is 7.89. The van der Waals surface area contributed by atoms with Crippen LogP contribution in [-0.2, 0) is 23.5 Å². The van der Waals surface area contributed by atoms with Crippen LogP contribution in [0.2, 0.25) is 5.15 Å². The molecular formula is C12H14ClN3O2S2. The number of halogens is 1. The molecule has 0 amide bonds. The van der Waals surface area contributed by atoms with Gasteiger partial charge in [0.2, 0.25) is 5.03 Å². The number of sulfonamides is 1. The zero-order valence-electron chi connectivity index (χ0n) is 10.8. The molecule has 0 saturated heterocycles. The van der Waals surface area contributed by atoms with Crippen LogP contribution in [0.25, 0.3) is 0 Å². The van der Waals surface area contributed by atoms with Gasteiger partial charge in [0.25, 0.3) is 10.0 Å². The molecule has 1 aliphatic carbocycles. The smallest absolute Gasteiger partial charge is 0.261 e. The highest BCUT2D eigenvalue weighted by atomic mass is 35.5. The molecule has 1 aliphatic rings. The van der Waals surface area contributed by atoms with Crippen LogP contribution >= 0.6 is 22.9 Å². The lowest BCUT2D eigenvalue weighted by molar-refractivity contribution is 0.509. The third-order valence-electron chi connectivity index (χ3n) is 3.44. The molecule has 1 atom stereocenters. The van der Waals surface area contributed by atoms with Crippen molar-refractivity contribution in [3.05, 3.63) is 33.4 Å². The maximum absolute atomic E-state index is 12.4. The topological polar surface area (TPSA) is 64.0 Å². The van der Waals surface area contributed by atoms with Gasteiger partial charge in [-0.1, -0.05) is 11.6 Å². The van der Waals surface area contributed by atoms with E-state index in [9.17, 15) is 8.42 Å². The number of hydrogen-bond acceptors (Lipinski definition) is 4. The van der Waals surface area contributed by atoms with Gasteiger partial charge < -0.3 is 4.57 Å². The molecule has 0 aliphatic heterocycles. The molecule has 1 N–H and O–H groups in total. The van der Waals surface area contributed by atoms with Gasteiger partial charge in [0, 0.05) is 18.0 Å². The largest absolute Gasteiger partial charge is 0.324 e. The van der Waals surface area contributed by atoms with Gasteiger partial charge in [0.1, 0.15) is 5.15 Å². The molecular weight excluding hydrogens is 318 g/mol. The van der Waals surface area contributed by atoms with E-state index in [1.54, 1.807) is 18.4 Å². The first-order valence-electron chi connectivity index (χ1n) is 6.24. The number of aryl methyl sites for hydroxylation is 2. The predicted octanol–water partition coefficient (Wildman–Crippen LogP) is 2.49. The Morgan fingerprint density at radius 2 is 2.35 bits per heavy atom. The first kappa shape index (κ1) is 14.1. The summed E-state index contributed by atoms with van der Waals surface area (Å²) in [5.41, 5.74) is 1.08. The van der Waals surface area contributed by atoms with E-state index in [1.807, 2.05) is 11.4 Å². The third kappa shape index (κ3) is 2.39. The first-order valence-corrected chi connectivity index (χ1v) is 8.98. The SMILES string of the molecule is Cn1cnc(S(=O)(=O)NC2CCCc3sccc32)c1Cl. The Hall–Kier alpha value is -0.890. The maximum Gasteiger partial charge on any atom is 0.261 e. The summed E-state index contributed by atoms with van der Waals surface area (Å²) in [6, 6.07) is 1.81. The van der Waals surface area contributed by atoms with Crippen LogP contribution in [0, 0.1) is 0 Å². The standard InChI is InChI=1S/C12H14ClN3O2S2/c1-16-7-14-12(11(16)13)20(17,18)15-9-3-2-4-10-8(9)5-6-19-10/h5-7,9,15H,2-4H2,1H3. The Balaban J connectivity index is 1.91. The second kappa shape index (κ2) is 5.14. The molecule has 3 rings (SSSR count). The van der Waals surface area contributed by atoms with Crippen LogP contribution in [0.5, 0.6) is 0 Å². The highest BCUT2D eigenvalue weighted by Crippen LogP contribution is 2.34. The lowest BCUT2D eigenvalue weighted by Crippen LogP contribution is -2.31. The fourth-order valence-corrected chi connectivity index (χ4v) is 5.09. The van der Waals surface area contributed by atoms with Crippen molar-refractivity contribution in [2.75, 3.05) is 0 Å². The zero-order chi connectivity index (χ0) is 14.3. The molecule has 2 aromatic heterocycles. The van der Waals surface area contributed by atoms with Gasteiger partial charge in [-0.3, -0.25) is 0 Å². The summed E-state index contributed by atoms with van der Waals surface area (Å²) in [5, 5.41) is 2.02. The average molecular weight is 332 g/mol. The second-order valence-electron chi connectivity index (χ2n) is 4.82. The molecule has 0 fully saturated rings. The molecule has 2 aromatic rings. The van der Waals surface area contributed by atoms with Crippen molar-refractivity contribution in [2.45, 2.75) is 30.3 Å². The number of nitrogens with one attached hydrogen (secondary N) is 1. The van der Waals surface area contributed by atoms with Gasteiger partial charge in [-0.2, -0.15) is 0 Å². The van der Waals surface area contributed by atoms with Crippen molar-refractivity contribution in [2.24, 2.45) is 7.05 Å². The van der Waals surface area contributed by atoms with Crippen LogP contribution in [0.4, 0.5) is 0 Å². The number of hydrogen-bond donors (Lipinski definition) is 1. The van der Waals surface area contributed by atoms with Crippen LogP contribution in [-0.4, -0.2) is 18.0 Å². The second-order valence-corrected chi connectivity index (χ2v) is 7.80. The fourth-order valence-electron chi connectivity index (χ4n) is 2.43. The molecule has 8 heteroatoms. The Morgan fingerprint density at radius 1 is 1.55 bits per heavy atom.